The molecule has 0 atom stereocenters. The van der Waals surface area contributed by atoms with E-state index in [-0.39, 0.29) is 5.91 Å². The van der Waals surface area contributed by atoms with Gasteiger partial charge in [-0.05, 0) is 35.4 Å². The lowest BCUT2D eigenvalue weighted by molar-refractivity contribution is -0.121. The van der Waals surface area contributed by atoms with E-state index >= 15 is 0 Å². The summed E-state index contributed by atoms with van der Waals surface area (Å²) in [4.78, 5) is 11.9. The third-order valence-electron chi connectivity index (χ3n) is 3.92. The molecule has 0 saturated carbocycles. The summed E-state index contributed by atoms with van der Waals surface area (Å²) < 4.78 is 5.56. The molecule has 138 valence electrons. The van der Waals surface area contributed by atoms with Crippen LogP contribution in [-0.4, -0.2) is 18.7 Å². The molecule has 0 aliphatic rings. The van der Waals surface area contributed by atoms with Gasteiger partial charge in [0.25, 0.3) is 0 Å². The summed E-state index contributed by atoms with van der Waals surface area (Å²) in [6.07, 6.45) is 2.51. The summed E-state index contributed by atoms with van der Waals surface area (Å²) in [6.45, 7) is 0.377. The third-order valence-corrected chi connectivity index (χ3v) is 4.45. The minimum Gasteiger partial charge on any atom is -0.492 e. The second-order valence-corrected chi connectivity index (χ2v) is 6.73. The lowest BCUT2D eigenvalue weighted by atomic mass is 10.1. The van der Waals surface area contributed by atoms with Crippen molar-refractivity contribution in [3.05, 3.63) is 76.3 Å². The molecule has 1 N–H and O–H groups in total. The van der Waals surface area contributed by atoms with Gasteiger partial charge in [0.1, 0.15) is 5.75 Å². The maximum Gasteiger partial charge on any atom is 0.240 e. The second kappa shape index (κ2) is 9.40. The molecule has 0 aromatic heterocycles. The average Bonchev–Trinajstić information content (AvgIpc) is 2.67. The summed E-state index contributed by atoms with van der Waals surface area (Å²) in [5.74, 6) is 0.382. The van der Waals surface area contributed by atoms with Crippen LogP contribution in [0.3, 0.4) is 0 Å². The number of carbonyl (C=O) groups is 1. The van der Waals surface area contributed by atoms with Gasteiger partial charge in [0.05, 0.1) is 17.8 Å². The van der Waals surface area contributed by atoms with Crippen molar-refractivity contribution in [1.82, 2.24) is 5.43 Å². The van der Waals surface area contributed by atoms with Crippen molar-refractivity contribution < 1.29 is 9.53 Å². The van der Waals surface area contributed by atoms with Gasteiger partial charge < -0.3 is 4.74 Å². The lowest BCUT2D eigenvalue weighted by Gasteiger charge is -2.07. The van der Waals surface area contributed by atoms with Crippen LogP contribution in [-0.2, 0) is 4.79 Å². The molecular weight excluding hydrogens is 383 g/mol. The van der Waals surface area contributed by atoms with Gasteiger partial charge in [-0.25, -0.2) is 5.43 Å². The van der Waals surface area contributed by atoms with Gasteiger partial charge in [-0.3, -0.25) is 4.79 Å². The fraction of sp³-hybridized carbons (Fsp3) is 0.143. The van der Waals surface area contributed by atoms with Crippen LogP contribution in [0, 0.1) is 0 Å². The smallest absolute Gasteiger partial charge is 0.240 e. The second-order valence-electron chi connectivity index (χ2n) is 5.89. The molecule has 27 heavy (non-hydrogen) atoms. The SMILES string of the molecule is O=C(CCCOc1ccc(Cl)cc1Cl)N/N=C/c1cccc2ccccc12. The molecule has 3 rings (SSSR count). The predicted octanol–water partition coefficient (Wildman–Crippen LogP) is 5.46. The summed E-state index contributed by atoms with van der Waals surface area (Å²) in [7, 11) is 0. The standard InChI is InChI=1S/C21H18Cl2N2O2/c22-17-10-11-20(19(23)13-17)27-12-4-9-21(26)25-24-14-16-7-3-6-15-5-1-2-8-18(15)16/h1-3,5-8,10-11,13-14H,4,9,12H2,(H,25,26)/b24-14+. The van der Waals surface area contributed by atoms with Crippen molar-refractivity contribution in [1.29, 1.82) is 0 Å². The first-order valence-electron chi connectivity index (χ1n) is 8.51. The minimum absolute atomic E-state index is 0.169. The lowest BCUT2D eigenvalue weighted by Crippen LogP contribution is -2.18. The fourth-order valence-electron chi connectivity index (χ4n) is 2.60. The maximum atomic E-state index is 11.9. The number of nitrogens with one attached hydrogen (secondary N) is 1. The van der Waals surface area contributed by atoms with E-state index in [1.54, 1.807) is 24.4 Å². The van der Waals surface area contributed by atoms with E-state index in [9.17, 15) is 4.79 Å². The molecule has 0 saturated heterocycles. The summed E-state index contributed by atoms with van der Waals surface area (Å²) in [6, 6.07) is 19.0. The molecule has 1 amide bonds. The highest BCUT2D eigenvalue weighted by Crippen LogP contribution is 2.27. The Morgan fingerprint density at radius 2 is 1.89 bits per heavy atom. The van der Waals surface area contributed by atoms with Crippen LogP contribution in [0.15, 0.2) is 65.8 Å². The van der Waals surface area contributed by atoms with E-state index in [1.807, 2.05) is 42.5 Å². The van der Waals surface area contributed by atoms with Crippen molar-refractivity contribution in [3.63, 3.8) is 0 Å². The highest BCUT2D eigenvalue weighted by atomic mass is 35.5. The van der Waals surface area contributed by atoms with Gasteiger partial charge >= 0.3 is 0 Å². The third kappa shape index (κ3) is 5.46. The molecule has 6 heteroatoms. The highest BCUT2D eigenvalue weighted by molar-refractivity contribution is 6.35. The predicted molar refractivity (Wildman–Crippen MR) is 111 cm³/mol. The molecule has 0 radical (unpaired) electrons. The molecular formula is C21H18Cl2N2O2. The van der Waals surface area contributed by atoms with E-state index in [1.165, 1.54) is 0 Å². The Kier molecular flexibility index (Phi) is 6.69. The molecule has 3 aromatic rings. The summed E-state index contributed by atoms with van der Waals surface area (Å²) in [5, 5.41) is 7.27. The number of hydrogen-bond donors (Lipinski definition) is 1. The van der Waals surface area contributed by atoms with E-state index in [0.717, 1.165) is 16.3 Å². The van der Waals surface area contributed by atoms with Crippen LogP contribution in [0.5, 0.6) is 5.75 Å². The van der Waals surface area contributed by atoms with Crippen molar-refractivity contribution in [2.75, 3.05) is 6.61 Å². The Labute approximate surface area is 167 Å². The number of fused-ring (bicyclic) bond motifs is 1. The number of rotatable bonds is 7. The number of nitrogens with zero attached hydrogens (tertiary/aromatic N) is 1. The summed E-state index contributed by atoms with van der Waals surface area (Å²) in [5.41, 5.74) is 3.50. The molecule has 4 nitrogen and oxygen atoms in total. The van der Waals surface area contributed by atoms with Crippen LogP contribution in [0.2, 0.25) is 10.0 Å². The topological polar surface area (TPSA) is 50.7 Å². The molecule has 0 aliphatic heterocycles. The zero-order valence-corrected chi connectivity index (χ0v) is 16.0. The normalized spacial score (nSPS) is 11.0. The Morgan fingerprint density at radius 3 is 2.74 bits per heavy atom. The van der Waals surface area contributed by atoms with Crippen LogP contribution in [0.1, 0.15) is 18.4 Å². The number of carbonyl (C=O) groups excluding carboxylic acids is 1. The van der Waals surface area contributed by atoms with Gasteiger partial charge in [-0.2, -0.15) is 5.10 Å². The number of hydrogen-bond acceptors (Lipinski definition) is 3. The van der Waals surface area contributed by atoms with E-state index in [0.29, 0.717) is 35.2 Å². The Balaban J connectivity index is 1.45. The Bertz CT molecular complexity index is 968. The Morgan fingerprint density at radius 1 is 1.07 bits per heavy atom. The van der Waals surface area contributed by atoms with Gasteiger partial charge in [0, 0.05) is 17.0 Å². The molecule has 0 fully saturated rings. The van der Waals surface area contributed by atoms with Crippen molar-refractivity contribution >= 4 is 46.1 Å². The quantitative estimate of drug-likeness (QED) is 0.325. The van der Waals surface area contributed by atoms with E-state index in [2.05, 4.69) is 10.5 Å². The van der Waals surface area contributed by atoms with E-state index in [4.69, 9.17) is 27.9 Å². The molecule has 0 aliphatic carbocycles. The summed E-state index contributed by atoms with van der Waals surface area (Å²) >= 11 is 11.9. The van der Waals surface area contributed by atoms with Crippen LogP contribution < -0.4 is 10.2 Å². The first kappa shape index (κ1) is 19.2. The molecule has 0 unspecified atom stereocenters. The van der Waals surface area contributed by atoms with Crippen molar-refractivity contribution in [2.45, 2.75) is 12.8 Å². The number of halogens is 2. The Hall–Kier alpha value is -2.56. The minimum atomic E-state index is -0.169. The zero-order valence-electron chi connectivity index (χ0n) is 14.5. The molecule has 0 spiro atoms. The van der Waals surface area contributed by atoms with Gasteiger partial charge in [0.2, 0.25) is 5.91 Å². The van der Waals surface area contributed by atoms with Gasteiger partial charge in [-0.1, -0.05) is 65.7 Å². The molecule has 0 heterocycles. The number of amides is 1. The highest BCUT2D eigenvalue weighted by Gasteiger charge is 2.04. The maximum absolute atomic E-state index is 11.9. The van der Waals surface area contributed by atoms with Gasteiger partial charge in [0.15, 0.2) is 0 Å². The van der Waals surface area contributed by atoms with Crippen LogP contribution >= 0.6 is 23.2 Å². The van der Waals surface area contributed by atoms with Crippen LogP contribution in [0.4, 0.5) is 0 Å². The largest absolute Gasteiger partial charge is 0.492 e. The first-order valence-corrected chi connectivity index (χ1v) is 9.26. The monoisotopic (exact) mass is 400 g/mol. The number of ether oxygens (including phenoxy) is 1. The van der Waals surface area contributed by atoms with E-state index < -0.39 is 0 Å². The molecule has 0 bridgehead atoms. The van der Waals surface area contributed by atoms with Crippen LogP contribution in [0.25, 0.3) is 10.8 Å². The van der Waals surface area contributed by atoms with Crippen molar-refractivity contribution in [2.24, 2.45) is 5.10 Å². The first-order chi connectivity index (χ1) is 13.1. The zero-order chi connectivity index (χ0) is 19.1. The van der Waals surface area contributed by atoms with Gasteiger partial charge in [-0.15, -0.1) is 0 Å². The molecule has 3 aromatic carbocycles. The fourth-order valence-corrected chi connectivity index (χ4v) is 3.06. The number of benzene rings is 3. The number of hydrazone groups is 1. The average molecular weight is 401 g/mol. The van der Waals surface area contributed by atoms with Crippen molar-refractivity contribution in [3.8, 4) is 5.75 Å².